The van der Waals surface area contributed by atoms with Gasteiger partial charge in [0.25, 0.3) is 0 Å². The third-order valence-electron chi connectivity index (χ3n) is 2.26. The molecule has 0 saturated heterocycles. The smallest absolute Gasteiger partial charge is 0.0378 e. The molecule has 0 aromatic heterocycles. The van der Waals surface area contributed by atoms with E-state index in [9.17, 15) is 0 Å². The summed E-state index contributed by atoms with van der Waals surface area (Å²) in [5, 5.41) is 0. The van der Waals surface area contributed by atoms with Crippen LogP contribution in [0.3, 0.4) is 0 Å². The molecule has 0 heterocycles. The second-order valence-corrected chi connectivity index (χ2v) is 4.37. The van der Waals surface area contributed by atoms with Gasteiger partial charge in [-0.1, -0.05) is 45.1 Å². The summed E-state index contributed by atoms with van der Waals surface area (Å²) in [7, 11) is 1.20. The van der Waals surface area contributed by atoms with E-state index in [-0.39, 0.29) is 0 Å². The predicted octanol–water partition coefficient (Wildman–Crippen LogP) is 2.88. The minimum Gasteiger partial charge on any atom is -0.0731 e. The van der Waals surface area contributed by atoms with Crippen LogP contribution in [-0.4, -0.2) is 9.52 Å². The summed E-state index contributed by atoms with van der Waals surface area (Å²) in [6, 6.07) is 0. The van der Waals surface area contributed by atoms with Gasteiger partial charge in [-0.3, -0.25) is 0 Å². The van der Waals surface area contributed by atoms with Crippen molar-refractivity contribution >= 4 is 9.52 Å². The van der Waals surface area contributed by atoms with Gasteiger partial charge in [0.15, 0.2) is 0 Å². The van der Waals surface area contributed by atoms with Crippen LogP contribution in [0.2, 0.25) is 12.1 Å². The molecule has 1 aliphatic carbocycles. The summed E-state index contributed by atoms with van der Waals surface area (Å²) in [6.45, 7) is 2.36. The Balaban J connectivity index is 2.18. The third kappa shape index (κ3) is 2.52. The molecule has 1 fully saturated rings. The first-order valence-electron chi connectivity index (χ1n) is 4.11. The van der Waals surface area contributed by atoms with E-state index in [1.807, 2.05) is 0 Å². The van der Waals surface area contributed by atoms with Crippen molar-refractivity contribution in [3.05, 3.63) is 0 Å². The number of hydrogen-bond acceptors (Lipinski definition) is 0. The Labute approximate surface area is 60.9 Å². The first-order chi connectivity index (χ1) is 4.43. The van der Waals surface area contributed by atoms with Crippen molar-refractivity contribution in [1.82, 2.24) is 0 Å². The van der Waals surface area contributed by atoms with Crippen LogP contribution in [-0.2, 0) is 0 Å². The highest BCUT2D eigenvalue weighted by atomic mass is 28.2. The molecule has 9 heavy (non-hydrogen) atoms. The summed E-state index contributed by atoms with van der Waals surface area (Å²) < 4.78 is 0. The van der Waals surface area contributed by atoms with E-state index in [1.165, 1.54) is 48.0 Å². The monoisotopic (exact) mass is 140 g/mol. The molecule has 0 N–H and O–H groups in total. The number of hydrogen-bond donors (Lipinski definition) is 0. The SMILES string of the molecule is C[Si]C1CCCCCC1. The van der Waals surface area contributed by atoms with Crippen molar-refractivity contribution < 1.29 is 0 Å². The van der Waals surface area contributed by atoms with Crippen molar-refractivity contribution in [2.24, 2.45) is 0 Å². The summed E-state index contributed by atoms with van der Waals surface area (Å²) in [5.41, 5.74) is 1.10. The van der Waals surface area contributed by atoms with E-state index in [0.29, 0.717) is 0 Å². The first kappa shape index (κ1) is 7.33. The van der Waals surface area contributed by atoms with Crippen LogP contribution in [0.25, 0.3) is 0 Å². The molecule has 1 heteroatoms. The molecule has 0 nitrogen and oxygen atoms in total. The maximum absolute atomic E-state index is 2.36. The average molecular weight is 140 g/mol. The summed E-state index contributed by atoms with van der Waals surface area (Å²) in [5.74, 6) is 0. The lowest BCUT2D eigenvalue weighted by Crippen LogP contribution is -1.96. The van der Waals surface area contributed by atoms with Gasteiger partial charge in [-0.15, -0.1) is 0 Å². The Morgan fingerprint density at radius 2 is 1.56 bits per heavy atom. The maximum atomic E-state index is 2.36. The molecule has 0 aliphatic heterocycles. The van der Waals surface area contributed by atoms with Gasteiger partial charge < -0.3 is 0 Å². The van der Waals surface area contributed by atoms with Gasteiger partial charge in [0.1, 0.15) is 0 Å². The van der Waals surface area contributed by atoms with E-state index < -0.39 is 0 Å². The van der Waals surface area contributed by atoms with Crippen molar-refractivity contribution in [2.75, 3.05) is 0 Å². The molecule has 0 aromatic carbocycles. The second kappa shape index (κ2) is 4.10. The van der Waals surface area contributed by atoms with Gasteiger partial charge in [0.2, 0.25) is 0 Å². The van der Waals surface area contributed by atoms with Gasteiger partial charge in [0.05, 0.1) is 0 Å². The maximum Gasteiger partial charge on any atom is 0.0378 e. The van der Waals surface area contributed by atoms with Crippen LogP contribution in [0.15, 0.2) is 0 Å². The fourth-order valence-corrected chi connectivity index (χ4v) is 2.55. The Morgan fingerprint density at radius 3 is 2.00 bits per heavy atom. The largest absolute Gasteiger partial charge is 0.0731 e. The fraction of sp³-hybridized carbons (Fsp3) is 1.00. The predicted molar refractivity (Wildman–Crippen MR) is 43.1 cm³/mol. The van der Waals surface area contributed by atoms with Crippen LogP contribution in [0.5, 0.6) is 0 Å². The van der Waals surface area contributed by atoms with Crippen molar-refractivity contribution in [1.29, 1.82) is 0 Å². The van der Waals surface area contributed by atoms with E-state index in [1.54, 1.807) is 0 Å². The zero-order valence-corrected chi connectivity index (χ0v) is 7.32. The Hall–Kier alpha value is 0.217. The lowest BCUT2D eigenvalue weighted by atomic mass is 10.2. The summed E-state index contributed by atoms with van der Waals surface area (Å²) in [6.07, 6.45) is 9.06. The third-order valence-corrected chi connectivity index (χ3v) is 3.66. The Bertz CT molecular complexity index is 63.0. The van der Waals surface area contributed by atoms with Crippen LogP contribution < -0.4 is 0 Å². The van der Waals surface area contributed by atoms with Crippen molar-refractivity contribution in [3.63, 3.8) is 0 Å². The molecule has 1 rings (SSSR count). The van der Waals surface area contributed by atoms with Crippen LogP contribution in [0.4, 0.5) is 0 Å². The molecule has 0 unspecified atom stereocenters. The van der Waals surface area contributed by atoms with Gasteiger partial charge in [0, 0.05) is 9.52 Å². The van der Waals surface area contributed by atoms with Gasteiger partial charge in [-0.05, 0) is 5.54 Å². The molecule has 52 valence electrons. The molecule has 0 amide bonds. The highest BCUT2D eigenvalue weighted by Gasteiger charge is 2.09. The average Bonchev–Trinajstić information content (AvgIpc) is 2.13. The normalized spacial score (nSPS) is 23.7. The standard InChI is InChI=1S/C8H16Si/c1-9-8-6-4-2-3-5-7-8/h8H,2-7H2,1H3. The number of rotatable bonds is 1. The van der Waals surface area contributed by atoms with Gasteiger partial charge in [-0.25, -0.2) is 0 Å². The molecule has 0 spiro atoms. The molecule has 0 bridgehead atoms. The van der Waals surface area contributed by atoms with Crippen LogP contribution in [0, 0.1) is 0 Å². The molecule has 0 aromatic rings. The molecule has 1 saturated carbocycles. The fourth-order valence-electron chi connectivity index (χ4n) is 1.57. The van der Waals surface area contributed by atoms with Crippen LogP contribution >= 0.6 is 0 Å². The molecular formula is C8H16Si. The van der Waals surface area contributed by atoms with Gasteiger partial charge >= 0.3 is 0 Å². The molecule has 1 aliphatic rings. The topological polar surface area (TPSA) is 0 Å². The second-order valence-electron chi connectivity index (χ2n) is 2.98. The van der Waals surface area contributed by atoms with Crippen molar-refractivity contribution in [2.45, 2.75) is 50.6 Å². The lowest BCUT2D eigenvalue weighted by Gasteiger charge is -2.07. The first-order valence-corrected chi connectivity index (χ1v) is 5.68. The quantitative estimate of drug-likeness (QED) is 0.388. The highest BCUT2D eigenvalue weighted by Crippen LogP contribution is 2.26. The summed E-state index contributed by atoms with van der Waals surface area (Å²) >= 11 is 0. The Kier molecular flexibility index (Phi) is 3.34. The van der Waals surface area contributed by atoms with E-state index in [4.69, 9.17) is 0 Å². The molecule has 2 radical (unpaired) electrons. The minimum absolute atomic E-state index is 1.10. The zero-order valence-electron chi connectivity index (χ0n) is 6.32. The van der Waals surface area contributed by atoms with E-state index >= 15 is 0 Å². The summed E-state index contributed by atoms with van der Waals surface area (Å²) in [4.78, 5) is 0. The van der Waals surface area contributed by atoms with Gasteiger partial charge in [-0.2, -0.15) is 0 Å². The van der Waals surface area contributed by atoms with E-state index in [2.05, 4.69) is 6.55 Å². The van der Waals surface area contributed by atoms with Crippen molar-refractivity contribution in [3.8, 4) is 0 Å². The van der Waals surface area contributed by atoms with Crippen LogP contribution in [0.1, 0.15) is 38.5 Å². The zero-order chi connectivity index (χ0) is 6.53. The molecular weight excluding hydrogens is 124 g/mol. The van der Waals surface area contributed by atoms with E-state index in [0.717, 1.165) is 5.54 Å². The Morgan fingerprint density at radius 1 is 1.00 bits per heavy atom. The minimum atomic E-state index is 1.10. The molecule has 0 atom stereocenters. The highest BCUT2D eigenvalue weighted by molar-refractivity contribution is 6.35. The lowest BCUT2D eigenvalue weighted by molar-refractivity contribution is 0.694.